The summed E-state index contributed by atoms with van der Waals surface area (Å²) in [7, 11) is 3.00. The summed E-state index contributed by atoms with van der Waals surface area (Å²) in [5, 5.41) is 3.18. The predicted molar refractivity (Wildman–Crippen MR) is 102 cm³/mol. The highest BCUT2D eigenvalue weighted by Gasteiger charge is 2.23. The van der Waals surface area contributed by atoms with Gasteiger partial charge in [-0.05, 0) is 31.0 Å². The smallest absolute Gasteiger partial charge is 0.332 e. The van der Waals surface area contributed by atoms with E-state index in [2.05, 4.69) is 5.32 Å². The minimum absolute atomic E-state index is 0.00378. The predicted octanol–water partition coefficient (Wildman–Crippen LogP) is 0.589. The monoisotopic (exact) mass is 386 g/mol. The van der Waals surface area contributed by atoms with E-state index in [0.717, 1.165) is 17.4 Å². The Morgan fingerprint density at radius 1 is 1.29 bits per heavy atom. The molecule has 0 bridgehead atoms. The van der Waals surface area contributed by atoms with E-state index < -0.39 is 11.2 Å². The molecular weight excluding hydrogens is 364 g/mol. The molecule has 0 radical (unpaired) electrons. The third-order valence-electron chi connectivity index (χ3n) is 5.14. The Morgan fingerprint density at radius 3 is 2.79 bits per heavy atom. The van der Waals surface area contributed by atoms with Crippen molar-refractivity contribution in [3.05, 3.63) is 56.8 Å². The average Bonchev–Trinajstić information content (AvgIpc) is 3.44. The molecule has 1 aliphatic rings. The molecule has 1 aliphatic heterocycles. The fraction of sp³-hybridized carbons (Fsp3) is 0.421. The number of aromatic nitrogens is 3. The molecule has 1 amide bonds. The zero-order chi connectivity index (χ0) is 19.8. The normalized spacial score (nSPS) is 16.7. The molecule has 0 aromatic carbocycles. The number of carbonyl (C=O) groups is 1. The van der Waals surface area contributed by atoms with Crippen molar-refractivity contribution in [1.82, 2.24) is 19.0 Å². The fourth-order valence-electron chi connectivity index (χ4n) is 3.65. The Labute approximate surface area is 160 Å². The lowest BCUT2D eigenvalue weighted by atomic mass is 10.2. The van der Waals surface area contributed by atoms with Gasteiger partial charge in [0.1, 0.15) is 17.1 Å². The van der Waals surface area contributed by atoms with Crippen molar-refractivity contribution in [2.24, 2.45) is 14.1 Å². The largest absolute Gasteiger partial charge is 0.467 e. The molecule has 4 heterocycles. The van der Waals surface area contributed by atoms with Crippen LogP contribution in [0.5, 0.6) is 0 Å². The highest BCUT2D eigenvalue weighted by Crippen LogP contribution is 2.19. The van der Waals surface area contributed by atoms with E-state index in [0.29, 0.717) is 35.6 Å². The van der Waals surface area contributed by atoms with Crippen molar-refractivity contribution < 1.29 is 13.9 Å². The van der Waals surface area contributed by atoms with Gasteiger partial charge < -0.3 is 19.0 Å². The summed E-state index contributed by atoms with van der Waals surface area (Å²) >= 11 is 0. The molecule has 1 saturated heterocycles. The second-order valence-electron chi connectivity index (χ2n) is 6.98. The molecule has 3 aromatic heterocycles. The van der Waals surface area contributed by atoms with Crippen LogP contribution in [-0.2, 0) is 25.4 Å². The van der Waals surface area contributed by atoms with Crippen molar-refractivity contribution >= 4 is 16.9 Å². The van der Waals surface area contributed by atoms with E-state index >= 15 is 0 Å². The van der Waals surface area contributed by atoms with Gasteiger partial charge in [0.05, 0.1) is 24.3 Å². The van der Waals surface area contributed by atoms with Gasteiger partial charge in [-0.15, -0.1) is 0 Å². The van der Waals surface area contributed by atoms with E-state index in [1.807, 2.05) is 0 Å². The van der Waals surface area contributed by atoms with Crippen molar-refractivity contribution in [3.63, 3.8) is 0 Å². The maximum absolute atomic E-state index is 12.9. The average molecular weight is 386 g/mol. The Bertz CT molecular complexity index is 1130. The van der Waals surface area contributed by atoms with Gasteiger partial charge >= 0.3 is 5.69 Å². The van der Waals surface area contributed by atoms with Crippen molar-refractivity contribution in [3.8, 4) is 0 Å². The Balaban J connectivity index is 1.80. The summed E-state index contributed by atoms with van der Waals surface area (Å²) in [5.41, 5.74) is -0.221. The number of amides is 1. The Kier molecular flexibility index (Phi) is 4.68. The van der Waals surface area contributed by atoms with Gasteiger partial charge in [0.25, 0.3) is 11.5 Å². The summed E-state index contributed by atoms with van der Waals surface area (Å²) in [4.78, 5) is 37.9. The van der Waals surface area contributed by atoms with E-state index in [4.69, 9.17) is 9.15 Å². The Morgan fingerprint density at radius 2 is 2.11 bits per heavy atom. The third-order valence-corrected chi connectivity index (χ3v) is 5.14. The summed E-state index contributed by atoms with van der Waals surface area (Å²) < 4.78 is 15.0. The molecular formula is C19H22N4O5. The van der Waals surface area contributed by atoms with Crippen molar-refractivity contribution in [1.29, 1.82) is 0 Å². The lowest BCUT2D eigenvalue weighted by molar-refractivity contribution is 0.0850. The number of hydrogen-bond acceptors (Lipinski definition) is 5. The molecule has 9 nitrogen and oxygen atoms in total. The van der Waals surface area contributed by atoms with Gasteiger partial charge in [0.2, 0.25) is 0 Å². The first kappa shape index (κ1) is 18.3. The molecule has 4 rings (SSSR count). The third kappa shape index (κ3) is 3.07. The van der Waals surface area contributed by atoms with E-state index in [9.17, 15) is 14.4 Å². The molecule has 0 aliphatic carbocycles. The molecule has 3 aromatic rings. The molecule has 148 valence electrons. The van der Waals surface area contributed by atoms with Gasteiger partial charge in [0.15, 0.2) is 0 Å². The molecule has 0 saturated carbocycles. The van der Waals surface area contributed by atoms with Crippen LogP contribution in [0.25, 0.3) is 11.0 Å². The number of nitrogens with zero attached hydrogens (tertiary/aromatic N) is 3. The first-order chi connectivity index (χ1) is 13.5. The van der Waals surface area contributed by atoms with Gasteiger partial charge in [-0.1, -0.05) is 0 Å². The maximum atomic E-state index is 12.9. The lowest BCUT2D eigenvalue weighted by Crippen LogP contribution is -2.37. The lowest BCUT2D eigenvalue weighted by Gasteiger charge is -2.13. The molecule has 1 N–H and O–H groups in total. The highest BCUT2D eigenvalue weighted by atomic mass is 16.5. The standard InChI is InChI=1S/C19H22N4O5/c1-21-17-14(18(25)22(2)19(21)26)9-15(23(17)11-13-6-4-8-28-13)16(24)20-10-12-5-3-7-27-12/h4,6,8-9,12H,3,5,7,10-11H2,1-2H3,(H,20,24)/t12-/m1/s1. The summed E-state index contributed by atoms with van der Waals surface area (Å²) in [6.45, 7) is 1.33. The number of ether oxygens (including phenoxy) is 1. The molecule has 1 fully saturated rings. The number of carbonyl (C=O) groups excluding carboxylic acids is 1. The van der Waals surface area contributed by atoms with Crippen LogP contribution >= 0.6 is 0 Å². The first-order valence-electron chi connectivity index (χ1n) is 9.19. The van der Waals surface area contributed by atoms with E-state index in [1.165, 1.54) is 23.9 Å². The number of nitrogens with one attached hydrogen (secondary N) is 1. The second-order valence-corrected chi connectivity index (χ2v) is 6.98. The van der Waals surface area contributed by atoms with Crippen LogP contribution in [-0.4, -0.2) is 38.9 Å². The second kappa shape index (κ2) is 7.16. The van der Waals surface area contributed by atoms with Crippen LogP contribution < -0.4 is 16.6 Å². The van der Waals surface area contributed by atoms with E-state index in [-0.39, 0.29) is 18.6 Å². The molecule has 1 atom stereocenters. The fourth-order valence-corrected chi connectivity index (χ4v) is 3.65. The zero-order valence-electron chi connectivity index (χ0n) is 15.8. The molecule has 0 spiro atoms. The van der Waals surface area contributed by atoms with E-state index in [1.54, 1.807) is 23.7 Å². The van der Waals surface area contributed by atoms with Crippen molar-refractivity contribution in [2.75, 3.05) is 13.2 Å². The minimum Gasteiger partial charge on any atom is -0.467 e. The molecule has 28 heavy (non-hydrogen) atoms. The number of furan rings is 1. The number of rotatable bonds is 5. The molecule has 0 unspecified atom stereocenters. The zero-order valence-corrected chi connectivity index (χ0v) is 15.8. The van der Waals surface area contributed by atoms with Crippen LogP contribution in [0.2, 0.25) is 0 Å². The van der Waals surface area contributed by atoms with Crippen LogP contribution in [0.3, 0.4) is 0 Å². The van der Waals surface area contributed by atoms with Crippen LogP contribution in [0.4, 0.5) is 0 Å². The topological polar surface area (TPSA) is 100 Å². The van der Waals surface area contributed by atoms with Crippen LogP contribution in [0.15, 0.2) is 38.5 Å². The summed E-state index contributed by atoms with van der Waals surface area (Å²) in [6.07, 6.45) is 3.43. The van der Waals surface area contributed by atoms with Crippen LogP contribution in [0.1, 0.15) is 29.1 Å². The Hall–Kier alpha value is -3.07. The van der Waals surface area contributed by atoms with Crippen molar-refractivity contribution in [2.45, 2.75) is 25.5 Å². The number of hydrogen-bond donors (Lipinski definition) is 1. The molecule has 9 heteroatoms. The SMILES string of the molecule is Cn1c(=O)c2cc(C(=O)NC[C@H]3CCCO3)n(Cc3ccco3)c2n(C)c1=O. The number of aryl methyl sites for hydroxylation is 1. The summed E-state index contributed by atoms with van der Waals surface area (Å²) in [6, 6.07) is 5.06. The van der Waals surface area contributed by atoms with Gasteiger partial charge in [-0.25, -0.2) is 4.79 Å². The maximum Gasteiger partial charge on any atom is 0.332 e. The number of fused-ring (bicyclic) bond motifs is 1. The highest BCUT2D eigenvalue weighted by molar-refractivity contribution is 5.98. The first-order valence-corrected chi connectivity index (χ1v) is 9.19. The van der Waals surface area contributed by atoms with Gasteiger partial charge in [-0.3, -0.25) is 18.7 Å². The minimum atomic E-state index is -0.456. The quantitative estimate of drug-likeness (QED) is 0.692. The van der Waals surface area contributed by atoms with Gasteiger partial charge in [-0.2, -0.15) is 0 Å². The van der Waals surface area contributed by atoms with Crippen LogP contribution in [0, 0.1) is 0 Å². The van der Waals surface area contributed by atoms with Gasteiger partial charge in [0, 0.05) is 27.2 Å². The summed E-state index contributed by atoms with van der Waals surface area (Å²) in [5.74, 6) is 0.284.